The fourth-order valence-corrected chi connectivity index (χ4v) is 2.28. The molecule has 0 amide bonds. The van der Waals surface area contributed by atoms with Crippen molar-refractivity contribution in [2.45, 2.75) is 77.8 Å². The second-order valence-electron chi connectivity index (χ2n) is 8.08. The van der Waals surface area contributed by atoms with Gasteiger partial charge in [0.05, 0.1) is 22.4 Å². The smallest absolute Gasteiger partial charge is 0.319 e. The van der Waals surface area contributed by atoms with Crippen molar-refractivity contribution >= 4 is 35.9 Å². The van der Waals surface area contributed by atoms with Crippen LogP contribution in [0.2, 0.25) is 0 Å². The number of aliphatic hydroxyl groups is 2. The van der Waals surface area contributed by atoms with E-state index in [1.807, 2.05) is 39.8 Å². The molecule has 0 fully saturated rings. The highest BCUT2D eigenvalue weighted by atomic mass is 32.1. The number of rotatable bonds is 8. The first-order chi connectivity index (χ1) is 10.2. The van der Waals surface area contributed by atoms with Crippen molar-refractivity contribution in [2.24, 2.45) is 0 Å². The minimum atomic E-state index is -0.910. The Labute approximate surface area is 145 Å². The van der Waals surface area contributed by atoms with E-state index in [-0.39, 0.29) is 0 Å². The Bertz CT molecular complexity index is 468. The van der Waals surface area contributed by atoms with Crippen molar-refractivity contribution in [3.8, 4) is 0 Å². The number of hydrogen-bond acceptors (Lipinski definition) is 5. The van der Waals surface area contributed by atoms with Crippen LogP contribution in [0.3, 0.4) is 0 Å². The second kappa shape index (κ2) is 6.89. The van der Waals surface area contributed by atoms with E-state index in [1.54, 1.807) is 39.0 Å². The lowest BCUT2D eigenvalue weighted by atomic mass is 9.85. The summed E-state index contributed by atoms with van der Waals surface area (Å²) in [5.74, 6) is 0. The molecule has 0 spiro atoms. The van der Waals surface area contributed by atoms with Gasteiger partial charge in [-0.3, -0.25) is 0 Å². The molecule has 0 saturated heterocycles. The number of hydrogen-bond donors (Lipinski definition) is 2. The highest BCUT2D eigenvalue weighted by molar-refractivity contribution is 7.28. The molecule has 0 bridgehead atoms. The van der Waals surface area contributed by atoms with Crippen molar-refractivity contribution in [1.29, 1.82) is 0 Å². The molecule has 0 aliphatic rings. The molecule has 23 heavy (non-hydrogen) atoms. The zero-order chi connectivity index (χ0) is 18.1. The van der Waals surface area contributed by atoms with Crippen molar-refractivity contribution in [3.05, 3.63) is 12.1 Å². The van der Waals surface area contributed by atoms with Gasteiger partial charge >= 0.3 is 15.0 Å². The summed E-state index contributed by atoms with van der Waals surface area (Å²) in [6.45, 7) is 14.5. The Balaban J connectivity index is 2.60. The zero-order valence-corrected chi connectivity index (χ0v) is 16.5. The van der Waals surface area contributed by atoms with Crippen LogP contribution in [0.1, 0.15) is 55.4 Å². The molecule has 1 heterocycles. The Kier molecular flexibility index (Phi) is 6.20. The summed E-state index contributed by atoms with van der Waals surface area (Å²) in [5.41, 5.74) is -3.08. The molecule has 7 heteroatoms. The SMILES string of the molecule is CC(C)(O)C(C)(C)OBc1ccc(BOC(C)(C)C(C)(C)O)s1. The van der Waals surface area contributed by atoms with Crippen molar-refractivity contribution in [3.63, 3.8) is 0 Å². The van der Waals surface area contributed by atoms with Crippen LogP contribution in [0.5, 0.6) is 0 Å². The van der Waals surface area contributed by atoms with E-state index in [0.717, 1.165) is 9.55 Å². The van der Waals surface area contributed by atoms with Crippen LogP contribution in [0.4, 0.5) is 0 Å². The van der Waals surface area contributed by atoms with Crippen LogP contribution >= 0.6 is 11.3 Å². The molecular formula is C16H30B2O4S. The molecule has 130 valence electrons. The van der Waals surface area contributed by atoms with Gasteiger partial charge in [0.1, 0.15) is 0 Å². The van der Waals surface area contributed by atoms with E-state index in [0.29, 0.717) is 15.0 Å². The third-order valence-corrected chi connectivity index (χ3v) is 5.85. The summed E-state index contributed by atoms with van der Waals surface area (Å²) >= 11 is 1.62. The van der Waals surface area contributed by atoms with Crippen LogP contribution in [-0.4, -0.2) is 47.6 Å². The largest absolute Gasteiger partial charge is 0.426 e. The summed E-state index contributed by atoms with van der Waals surface area (Å²) in [6, 6.07) is 4.03. The van der Waals surface area contributed by atoms with Crippen LogP contribution in [0, 0.1) is 0 Å². The lowest BCUT2D eigenvalue weighted by Crippen LogP contribution is -2.49. The van der Waals surface area contributed by atoms with E-state index < -0.39 is 22.4 Å². The van der Waals surface area contributed by atoms with Crippen LogP contribution in [0.15, 0.2) is 12.1 Å². The monoisotopic (exact) mass is 340 g/mol. The highest BCUT2D eigenvalue weighted by Crippen LogP contribution is 2.25. The van der Waals surface area contributed by atoms with Crippen molar-refractivity contribution in [2.75, 3.05) is 0 Å². The summed E-state index contributed by atoms with van der Waals surface area (Å²) in [4.78, 5) is 0. The second-order valence-corrected chi connectivity index (χ2v) is 9.34. The maximum absolute atomic E-state index is 10.1. The predicted octanol–water partition coefficient (Wildman–Crippen LogP) is 0.834. The minimum Gasteiger partial charge on any atom is -0.426 e. The van der Waals surface area contributed by atoms with E-state index in [4.69, 9.17) is 9.31 Å². The average molecular weight is 340 g/mol. The molecule has 0 unspecified atom stereocenters. The van der Waals surface area contributed by atoms with Crippen molar-refractivity contribution < 1.29 is 19.5 Å². The molecule has 1 aromatic heterocycles. The van der Waals surface area contributed by atoms with Gasteiger partial charge in [0.2, 0.25) is 0 Å². The van der Waals surface area contributed by atoms with Gasteiger partial charge in [-0.05, 0) is 64.9 Å². The molecule has 4 nitrogen and oxygen atoms in total. The Morgan fingerprint density at radius 2 is 1.04 bits per heavy atom. The third-order valence-electron chi connectivity index (χ3n) is 4.81. The summed E-state index contributed by atoms with van der Waals surface area (Å²) in [5, 5.41) is 20.2. The van der Waals surface area contributed by atoms with Crippen LogP contribution < -0.4 is 9.55 Å². The van der Waals surface area contributed by atoms with E-state index in [2.05, 4.69) is 0 Å². The normalized spacial score (nSPS) is 14.0. The third kappa shape index (κ3) is 5.61. The predicted molar refractivity (Wildman–Crippen MR) is 101 cm³/mol. The van der Waals surface area contributed by atoms with Gasteiger partial charge in [0.15, 0.2) is 0 Å². The topological polar surface area (TPSA) is 58.9 Å². The van der Waals surface area contributed by atoms with Crippen molar-refractivity contribution in [1.82, 2.24) is 0 Å². The minimum absolute atomic E-state index is 0.455. The van der Waals surface area contributed by atoms with Crippen LogP contribution in [0.25, 0.3) is 0 Å². The van der Waals surface area contributed by atoms with Gasteiger partial charge < -0.3 is 19.5 Å². The Morgan fingerprint density at radius 3 is 1.30 bits per heavy atom. The van der Waals surface area contributed by atoms with E-state index >= 15 is 0 Å². The summed E-state index contributed by atoms with van der Waals surface area (Å²) in [6.07, 6.45) is 0. The summed E-state index contributed by atoms with van der Waals surface area (Å²) < 4.78 is 13.9. The molecule has 0 atom stereocenters. The Hall–Kier alpha value is -0.330. The van der Waals surface area contributed by atoms with E-state index in [9.17, 15) is 10.2 Å². The number of thiophene rings is 1. The molecule has 0 aliphatic heterocycles. The Morgan fingerprint density at radius 1 is 0.739 bits per heavy atom. The quantitative estimate of drug-likeness (QED) is 0.689. The standard InChI is InChI=1S/C16H30B2O4S/c1-13(2,19)15(5,6)21-17-11-9-10-12(23-11)18-22-16(7,8)14(3,4)20/h9-10,17-20H,1-8H3. The molecule has 2 N–H and O–H groups in total. The molecular weight excluding hydrogens is 310 g/mol. The zero-order valence-electron chi connectivity index (χ0n) is 15.7. The lowest BCUT2D eigenvalue weighted by molar-refractivity contribution is -0.0892. The van der Waals surface area contributed by atoms with Gasteiger partial charge in [0, 0.05) is 0 Å². The summed E-state index contributed by atoms with van der Waals surface area (Å²) in [7, 11) is 0.910. The van der Waals surface area contributed by atoms with Gasteiger partial charge in [-0.15, -0.1) is 0 Å². The van der Waals surface area contributed by atoms with Crippen LogP contribution in [-0.2, 0) is 9.31 Å². The van der Waals surface area contributed by atoms with Gasteiger partial charge in [0.25, 0.3) is 0 Å². The maximum atomic E-state index is 10.1. The van der Waals surface area contributed by atoms with Gasteiger partial charge in [-0.1, -0.05) is 12.1 Å². The first-order valence-corrected chi connectivity index (χ1v) is 8.78. The first kappa shape index (κ1) is 20.7. The molecule has 0 aromatic carbocycles. The maximum Gasteiger partial charge on any atom is 0.319 e. The van der Waals surface area contributed by atoms with Gasteiger partial charge in [-0.25, -0.2) is 0 Å². The van der Waals surface area contributed by atoms with E-state index in [1.165, 1.54) is 0 Å². The first-order valence-electron chi connectivity index (χ1n) is 7.96. The highest BCUT2D eigenvalue weighted by Gasteiger charge is 2.37. The fourth-order valence-electron chi connectivity index (χ4n) is 1.43. The molecule has 0 aliphatic carbocycles. The van der Waals surface area contributed by atoms with Gasteiger partial charge in [-0.2, -0.15) is 11.3 Å². The fraction of sp³-hybridized carbons (Fsp3) is 0.750. The molecule has 1 rings (SSSR count). The molecule has 0 radical (unpaired) electrons. The molecule has 1 aromatic rings. The molecule has 0 saturated carbocycles. The lowest BCUT2D eigenvalue weighted by Gasteiger charge is -2.37. The average Bonchev–Trinajstić information content (AvgIpc) is 2.79.